The topological polar surface area (TPSA) is 84.5 Å². The van der Waals surface area contributed by atoms with Crippen LogP contribution in [0.5, 0.6) is 5.75 Å². The lowest BCUT2D eigenvalue weighted by Crippen LogP contribution is -2.51. The Morgan fingerprint density at radius 1 is 1.04 bits per heavy atom. The summed E-state index contributed by atoms with van der Waals surface area (Å²) in [6.07, 6.45) is 1.38. The molecule has 2 amide bonds. The fourth-order valence-corrected chi connectivity index (χ4v) is 2.50. The first-order valence-corrected chi connectivity index (χ1v) is 8.17. The van der Waals surface area contributed by atoms with Gasteiger partial charge in [-0.05, 0) is 60.3 Å². The Balaban J connectivity index is 1.80. The molecule has 0 saturated carbocycles. The second-order valence-corrected chi connectivity index (χ2v) is 6.11. The number of carbonyl (C=O) groups is 3. The summed E-state index contributed by atoms with van der Waals surface area (Å²) in [7, 11) is 0. The van der Waals surface area contributed by atoms with E-state index >= 15 is 0 Å². The normalized spacial score (nSPS) is 13.7. The number of halogens is 1. The Kier molecular flexibility index (Phi) is 5.11. The first-order chi connectivity index (χ1) is 12.4. The summed E-state index contributed by atoms with van der Waals surface area (Å²) in [5.41, 5.74) is 0.761. The SMILES string of the molecule is O=C1NC(=S)NC(=O)C1=Cc1cccc(OC(=O)c2ccc(Cl)cc2)c1. The predicted octanol–water partition coefficient (Wildman–Crippen LogP) is 2.47. The number of esters is 1. The molecule has 2 aromatic carbocycles. The molecule has 0 radical (unpaired) electrons. The molecule has 0 aliphatic carbocycles. The van der Waals surface area contributed by atoms with Gasteiger partial charge in [-0.1, -0.05) is 23.7 Å². The zero-order valence-electron chi connectivity index (χ0n) is 13.1. The first kappa shape index (κ1) is 17.8. The van der Waals surface area contributed by atoms with Gasteiger partial charge in [-0.3, -0.25) is 20.2 Å². The highest BCUT2D eigenvalue weighted by Gasteiger charge is 2.25. The maximum atomic E-state index is 12.1. The van der Waals surface area contributed by atoms with Crippen LogP contribution in [0.2, 0.25) is 5.02 Å². The number of benzene rings is 2. The molecule has 8 heteroatoms. The summed E-state index contributed by atoms with van der Waals surface area (Å²) in [4.78, 5) is 35.9. The lowest BCUT2D eigenvalue weighted by atomic mass is 10.1. The molecule has 0 atom stereocenters. The van der Waals surface area contributed by atoms with E-state index in [4.69, 9.17) is 28.6 Å². The van der Waals surface area contributed by atoms with Crippen LogP contribution >= 0.6 is 23.8 Å². The van der Waals surface area contributed by atoms with Gasteiger partial charge in [0, 0.05) is 5.02 Å². The monoisotopic (exact) mass is 386 g/mol. The van der Waals surface area contributed by atoms with E-state index in [2.05, 4.69) is 10.6 Å². The van der Waals surface area contributed by atoms with Crippen molar-refractivity contribution in [1.82, 2.24) is 10.6 Å². The predicted molar refractivity (Wildman–Crippen MR) is 99.7 cm³/mol. The first-order valence-electron chi connectivity index (χ1n) is 7.38. The molecule has 0 aromatic heterocycles. The van der Waals surface area contributed by atoms with Crippen LogP contribution in [0.3, 0.4) is 0 Å². The van der Waals surface area contributed by atoms with Crippen molar-refractivity contribution in [2.24, 2.45) is 0 Å². The Hall–Kier alpha value is -3.03. The second kappa shape index (κ2) is 7.47. The molecular weight excluding hydrogens is 376 g/mol. The average molecular weight is 387 g/mol. The third-order valence-electron chi connectivity index (χ3n) is 3.40. The maximum Gasteiger partial charge on any atom is 0.343 e. The van der Waals surface area contributed by atoms with Crippen molar-refractivity contribution in [3.63, 3.8) is 0 Å². The summed E-state index contributed by atoms with van der Waals surface area (Å²) in [6.45, 7) is 0. The van der Waals surface area contributed by atoms with Gasteiger partial charge in [0.15, 0.2) is 5.11 Å². The number of ether oxygens (including phenoxy) is 1. The fraction of sp³-hybridized carbons (Fsp3) is 0. The van der Waals surface area contributed by atoms with Gasteiger partial charge < -0.3 is 4.74 Å². The van der Waals surface area contributed by atoms with Crippen LogP contribution in [0, 0.1) is 0 Å². The number of carbonyl (C=O) groups excluding carboxylic acids is 3. The Morgan fingerprint density at radius 2 is 1.69 bits per heavy atom. The quantitative estimate of drug-likeness (QED) is 0.278. The molecule has 6 nitrogen and oxygen atoms in total. The average Bonchev–Trinajstić information content (AvgIpc) is 2.59. The minimum atomic E-state index is -0.595. The van der Waals surface area contributed by atoms with Gasteiger partial charge in [0.25, 0.3) is 11.8 Å². The van der Waals surface area contributed by atoms with Gasteiger partial charge in [-0.25, -0.2) is 4.79 Å². The van der Waals surface area contributed by atoms with Gasteiger partial charge in [0.1, 0.15) is 11.3 Å². The highest BCUT2D eigenvalue weighted by atomic mass is 35.5. The Labute approximate surface area is 158 Å². The fourth-order valence-electron chi connectivity index (χ4n) is 2.19. The largest absolute Gasteiger partial charge is 0.423 e. The van der Waals surface area contributed by atoms with E-state index in [9.17, 15) is 14.4 Å². The van der Waals surface area contributed by atoms with E-state index in [1.54, 1.807) is 42.5 Å². The maximum absolute atomic E-state index is 12.1. The molecule has 1 heterocycles. The standard InChI is InChI=1S/C18H11ClN2O4S/c19-12-6-4-11(5-7-12)17(24)25-13-3-1-2-10(8-13)9-14-15(22)20-18(26)21-16(14)23/h1-9H,(H2,20,21,22,23,26). The zero-order valence-corrected chi connectivity index (χ0v) is 14.7. The smallest absolute Gasteiger partial charge is 0.343 e. The molecule has 1 fully saturated rings. The molecule has 1 aliphatic rings. The molecule has 2 N–H and O–H groups in total. The molecule has 0 unspecified atom stereocenters. The number of nitrogens with one attached hydrogen (secondary N) is 2. The highest BCUT2D eigenvalue weighted by Crippen LogP contribution is 2.19. The van der Waals surface area contributed by atoms with Crippen LogP contribution in [-0.2, 0) is 9.59 Å². The van der Waals surface area contributed by atoms with Crippen LogP contribution in [-0.4, -0.2) is 22.9 Å². The third kappa shape index (κ3) is 4.14. The van der Waals surface area contributed by atoms with Crippen molar-refractivity contribution in [3.05, 3.63) is 70.3 Å². The highest BCUT2D eigenvalue weighted by molar-refractivity contribution is 7.80. The van der Waals surface area contributed by atoms with Crippen molar-refractivity contribution in [2.45, 2.75) is 0 Å². The number of hydrogen-bond donors (Lipinski definition) is 2. The van der Waals surface area contributed by atoms with Gasteiger partial charge in [-0.2, -0.15) is 0 Å². The number of amides is 2. The van der Waals surface area contributed by atoms with E-state index in [0.717, 1.165) is 0 Å². The van der Waals surface area contributed by atoms with Gasteiger partial charge in [-0.15, -0.1) is 0 Å². The molecule has 1 saturated heterocycles. The molecular formula is C18H11ClN2O4S. The zero-order chi connectivity index (χ0) is 18.7. The minimum absolute atomic E-state index is 0.0391. The third-order valence-corrected chi connectivity index (χ3v) is 3.86. The van der Waals surface area contributed by atoms with E-state index in [-0.39, 0.29) is 16.4 Å². The van der Waals surface area contributed by atoms with Crippen molar-refractivity contribution < 1.29 is 19.1 Å². The van der Waals surface area contributed by atoms with Crippen molar-refractivity contribution in [1.29, 1.82) is 0 Å². The van der Waals surface area contributed by atoms with Crippen LogP contribution in [0.4, 0.5) is 0 Å². The van der Waals surface area contributed by atoms with Crippen LogP contribution in [0.1, 0.15) is 15.9 Å². The number of rotatable bonds is 3. The summed E-state index contributed by atoms with van der Waals surface area (Å²) in [6, 6.07) is 12.7. The molecule has 1 aliphatic heterocycles. The van der Waals surface area contributed by atoms with E-state index in [0.29, 0.717) is 16.1 Å². The van der Waals surface area contributed by atoms with E-state index < -0.39 is 17.8 Å². The van der Waals surface area contributed by atoms with Crippen molar-refractivity contribution in [2.75, 3.05) is 0 Å². The molecule has 3 rings (SSSR count). The van der Waals surface area contributed by atoms with Gasteiger partial charge in [0.05, 0.1) is 5.56 Å². The van der Waals surface area contributed by atoms with Crippen molar-refractivity contribution >= 4 is 52.8 Å². The molecule has 0 bridgehead atoms. The Morgan fingerprint density at radius 3 is 2.35 bits per heavy atom. The molecule has 130 valence electrons. The number of hydrogen-bond acceptors (Lipinski definition) is 5. The van der Waals surface area contributed by atoms with Crippen LogP contribution in [0.25, 0.3) is 6.08 Å². The summed E-state index contributed by atoms with van der Waals surface area (Å²) in [5.74, 6) is -1.47. The van der Waals surface area contributed by atoms with E-state index in [1.807, 2.05) is 0 Å². The summed E-state index contributed by atoms with van der Waals surface area (Å²) in [5, 5.41) is 5.17. The molecule has 26 heavy (non-hydrogen) atoms. The minimum Gasteiger partial charge on any atom is -0.423 e. The van der Waals surface area contributed by atoms with Gasteiger partial charge >= 0.3 is 5.97 Å². The summed E-state index contributed by atoms with van der Waals surface area (Å²) >= 11 is 10.5. The summed E-state index contributed by atoms with van der Waals surface area (Å²) < 4.78 is 5.31. The van der Waals surface area contributed by atoms with Crippen LogP contribution in [0.15, 0.2) is 54.1 Å². The van der Waals surface area contributed by atoms with Crippen LogP contribution < -0.4 is 15.4 Å². The molecule has 2 aromatic rings. The number of thiocarbonyl (C=S) groups is 1. The van der Waals surface area contributed by atoms with E-state index in [1.165, 1.54) is 12.1 Å². The lowest BCUT2D eigenvalue weighted by molar-refractivity contribution is -0.123. The van der Waals surface area contributed by atoms with Gasteiger partial charge in [0.2, 0.25) is 0 Å². The molecule has 0 spiro atoms. The Bertz CT molecular complexity index is 932. The van der Waals surface area contributed by atoms with Crippen molar-refractivity contribution in [3.8, 4) is 5.75 Å². The lowest BCUT2D eigenvalue weighted by Gasteiger charge is -2.16. The second-order valence-electron chi connectivity index (χ2n) is 5.26.